The summed E-state index contributed by atoms with van der Waals surface area (Å²) in [6, 6.07) is 0. The van der Waals surface area contributed by atoms with E-state index in [-0.39, 0.29) is 11.8 Å². The van der Waals surface area contributed by atoms with Gasteiger partial charge >= 0.3 is 0 Å². The van der Waals surface area contributed by atoms with Gasteiger partial charge in [-0.05, 0) is 42.6 Å². The van der Waals surface area contributed by atoms with Crippen LogP contribution in [0.2, 0.25) is 0 Å². The zero-order valence-electron chi connectivity index (χ0n) is 20.1. The first kappa shape index (κ1) is 25.6. The lowest BCUT2D eigenvalue weighted by molar-refractivity contribution is -0.133. The largest absolute Gasteiger partial charge is 0.379 e. The number of carbonyl (C=O) groups excluding carboxylic acids is 2. The van der Waals surface area contributed by atoms with Gasteiger partial charge in [0.05, 0.1) is 13.2 Å². The number of likely N-dealkylation sites (tertiary alicyclic amines) is 2. The zero-order chi connectivity index (χ0) is 22.8. The molecule has 0 spiro atoms. The number of ether oxygens (including phenoxy) is 1. The molecule has 3 aliphatic rings. The fraction of sp³-hybridized carbons (Fsp3) is 0.760. The highest BCUT2D eigenvalue weighted by Crippen LogP contribution is 2.24. The Labute approximate surface area is 189 Å². The summed E-state index contributed by atoms with van der Waals surface area (Å²) in [5.74, 6) is 3.19. The van der Waals surface area contributed by atoms with Crippen LogP contribution in [-0.2, 0) is 14.3 Å². The summed E-state index contributed by atoms with van der Waals surface area (Å²) in [7, 11) is 0. The molecule has 2 amide bonds. The Morgan fingerprint density at radius 1 is 0.903 bits per heavy atom. The fourth-order valence-corrected chi connectivity index (χ4v) is 4.22. The summed E-state index contributed by atoms with van der Waals surface area (Å²) in [6.45, 7) is 20.6. The monoisotopic (exact) mass is 433 g/mol. The van der Waals surface area contributed by atoms with Gasteiger partial charge < -0.3 is 14.5 Å². The van der Waals surface area contributed by atoms with Gasteiger partial charge in [-0.2, -0.15) is 0 Å². The number of rotatable bonds is 6. The molecule has 3 saturated heterocycles. The maximum absolute atomic E-state index is 11.8. The number of amides is 2. The molecule has 0 aliphatic carbocycles. The molecule has 0 unspecified atom stereocenters. The smallest absolute Gasteiger partial charge is 0.246 e. The molecule has 3 heterocycles. The van der Waals surface area contributed by atoms with Crippen molar-refractivity contribution in [1.82, 2.24) is 14.7 Å². The minimum atomic E-state index is 0.0854. The molecule has 0 aromatic rings. The highest BCUT2D eigenvalue weighted by atomic mass is 16.5. The minimum absolute atomic E-state index is 0.0854. The van der Waals surface area contributed by atoms with E-state index >= 15 is 0 Å². The molecule has 3 fully saturated rings. The van der Waals surface area contributed by atoms with E-state index in [2.05, 4.69) is 39.2 Å². The van der Waals surface area contributed by atoms with Gasteiger partial charge in [0.25, 0.3) is 0 Å². The molecule has 3 rings (SSSR count). The molecule has 0 aromatic carbocycles. The van der Waals surface area contributed by atoms with Crippen LogP contribution in [0.4, 0.5) is 0 Å². The number of piperidine rings is 1. The Balaban J connectivity index is 0.000000233. The third-order valence-corrected chi connectivity index (χ3v) is 6.86. The highest BCUT2D eigenvalue weighted by molar-refractivity contribution is 5.88. The molecule has 176 valence electrons. The molecule has 0 N–H and O–H groups in total. The number of morpholine rings is 1. The van der Waals surface area contributed by atoms with Gasteiger partial charge in [0.15, 0.2) is 0 Å². The van der Waals surface area contributed by atoms with Crippen LogP contribution in [-0.4, -0.2) is 85.5 Å². The second-order valence-electron chi connectivity index (χ2n) is 9.67. The van der Waals surface area contributed by atoms with Crippen LogP contribution in [0, 0.1) is 23.7 Å². The average molecular weight is 434 g/mol. The predicted molar refractivity (Wildman–Crippen MR) is 126 cm³/mol. The summed E-state index contributed by atoms with van der Waals surface area (Å²) in [5, 5.41) is 0. The molecule has 0 aromatic heterocycles. The van der Waals surface area contributed by atoms with Crippen molar-refractivity contribution in [3.63, 3.8) is 0 Å². The third-order valence-electron chi connectivity index (χ3n) is 6.86. The van der Waals surface area contributed by atoms with E-state index in [0.29, 0.717) is 11.8 Å². The quantitative estimate of drug-likeness (QED) is 0.604. The van der Waals surface area contributed by atoms with E-state index in [4.69, 9.17) is 4.74 Å². The molecule has 0 atom stereocenters. The van der Waals surface area contributed by atoms with Gasteiger partial charge in [-0.3, -0.25) is 14.5 Å². The number of hydrogen-bond acceptors (Lipinski definition) is 4. The Hall–Kier alpha value is -1.66. The molecule has 3 aliphatic heterocycles. The van der Waals surface area contributed by atoms with Crippen LogP contribution in [0.15, 0.2) is 24.8 Å². The molecular formula is C25H43N3O3. The van der Waals surface area contributed by atoms with Gasteiger partial charge in [-0.15, -0.1) is 0 Å². The normalized spacial score (nSPS) is 21.2. The summed E-state index contributed by atoms with van der Waals surface area (Å²) in [5.41, 5.74) is 0. The first-order valence-electron chi connectivity index (χ1n) is 12.0. The van der Waals surface area contributed by atoms with Crippen LogP contribution in [0.25, 0.3) is 0 Å². The summed E-state index contributed by atoms with van der Waals surface area (Å²) >= 11 is 0. The molecular weight excluding hydrogens is 390 g/mol. The predicted octanol–water partition coefficient (Wildman–Crippen LogP) is 3.06. The van der Waals surface area contributed by atoms with Crippen LogP contribution in [0.1, 0.15) is 40.5 Å². The Morgan fingerprint density at radius 3 is 2.00 bits per heavy atom. The minimum Gasteiger partial charge on any atom is -0.379 e. The lowest BCUT2D eigenvalue weighted by Gasteiger charge is -2.41. The number of hydrogen-bond donors (Lipinski definition) is 0. The van der Waals surface area contributed by atoms with Gasteiger partial charge in [0.2, 0.25) is 11.8 Å². The van der Waals surface area contributed by atoms with Crippen molar-refractivity contribution in [2.24, 2.45) is 23.7 Å². The number of nitrogens with zero attached hydrogens (tertiary/aromatic N) is 3. The van der Waals surface area contributed by atoms with Crippen molar-refractivity contribution in [3.05, 3.63) is 24.8 Å². The highest BCUT2D eigenvalue weighted by Gasteiger charge is 2.31. The van der Waals surface area contributed by atoms with Gasteiger partial charge in [-0.1, -0.05) is 40.3 Å². The van der Waals surface area contributed by atoms with Crippen molar-refractivity contribution in [3.8, 4) is 0 Å². The van der Waals surface area contributed by atoms with Gasteiger partial charge in [-0.25, -0.2) is 0 Å². The maximum Gasteiger partial charge on any atom is 0.246 e. The van der Waals surface area contributed by atoms with E-state index in [9.17, 15) is 9.59 Å². The summed E-state index contributed by atoms with van der Waals surface area (Å²) < 4.78 is 5.29. The first-order valence-corrected chi connectivity index (χ1v) is 12.0. The molecule has 6 heteroatoms. The third kappa shape index (κ3) is 8.41. The van der Waals surface area contributed by atoms with Crippen molar-refractivity contribution in [2.75, 3.05) is 59.0 Å². The summed E-state index contributed by atoms with van der Waals surface area (Å²) in [6.07, 6.45) is 7.42. The Morgan fingerprint density at radius 2 is 1.48 bits per heavy atom. The lowest BCUT2D eigenvalue weighted by atomic mass is 9.87. The van der Waals surface area contributed by atoms with E-state index in [1.54, 1.807) is 6.08 Å². The van der Waals surface area contributed by atoms with Gasteiger partial charge in [0, 0.05) is 51.9 Å². The Bertz CT molecular complexity index is 597. The van der Waals surface area contributed by atoms with Crippen LogP contribution < -0.4 is 0 Å². The number of carbonyl (C=O) groups is 2. The topological polar surface area (TPSA) is 53.1 Å². The van der Waals surface area contributed by atoms with E-state index in [1.807, 2.05) is 15.9 Å². The SMILES string of the molecule is C=CC(=O)N1CCC(C(C)C)CC1.CC(C)C1CN(C(=O)/C=C/CN2CCOCC2)C1. The Kier molecular flexibility index (Phi) is 10.7. The second-order valence-corrected chi connectivity index (χ2v) is 9.67. The molecule has 0 bridgehead atoms. The zero-order valence-corrected chi connectivity index (χ0v) is 20.1. The maximum atomic E-state index is 11.8. The van der Waals surface area contributed by atoms with E-state index in [1.165, 1.54) is 6.08 Å². The van der Waals surface area contributed by atoms with Crippen molar-refractivity contribution in [2.45, 2.75) is 40.5 Å². The van der Waals surface area contributed by atoms with Crippen molar-refractivity contribution in [1.29, 1.82) is 0 Å². The van der Waals surface area contributed by atoms with E-state index < -0.39 is 0 Å². The van der Waals surface area contributed by atoms with Crippen LogP contribution in [0.5, 0.6) is 0 Å². The average Bonchev–Trinajstić information content (AvgIpc) is 2.73. The van der Waals surface area contributed by atoms with Crippen molar-refractivity contribution < 1.29 is 14.3 Å². The molecule has 31 heavy (non-hydrogen) atoms. The van der Waals surface area contributed by atoms with Crippen molar-refractivity contribution >= 4 is 11.8 Å². The van der Waals surface area contributed by atoms with Crippen LogP contribution in [0.3, 0.4) is 0 Å². The standard InChI is InChI=1S/C14H24N2O2.C11H19NO/c1-12(2)13-10-16(11-13)14(17)4-3-5-15-6-8-18-9-7-15;1-4-11(13)12-7-5-10(6-8-12)9(2)3/h3-4,12-13H,5-11H2,1-2H3;4,9-10H,1,5-8H2,2-3H3/b4-3+;. The lowest BCUT2D eigenvalue weighted by Crippen LogP contribution is -2.51. The fourth-order valence-electron chi connectivity index (χ4n) is 4.22. The molecule has 0 saturated carbocycles. The summed E-state index contributed by atoms with van der Waals surface area (Å²) in [4.78, 5) is 29.2. The van der Waals surface area contributed by atoms with Gasteiger partial charge in [0.1, 0.15) is 0 Å². The molecule has 0 radical (unpaired) electrons. The first-order chi connectivity index (χ1) is 14.8. The van der Waals surface area contributed by atoms with Crippen LogP contribution >= 0.6 is 0 Å². The van der Waals surface area contributed by atoms with E-state index in [0.717, 1.165) is 83.7 Å². The molecule has 6 nitrogen and oxygen atoms in total. The second kappa shape index (κ2) is 13.0.